The molecule has 4 heteroatoms. The molecule has 18 heavy (non-hydrogen) atoms. The van der Waals surface area contributed by atoms with Crippen molar-refractivity contribution in [3.05, 3.63) is 22.7 Å². The highest BCUT2D eigenvalue weighted by atomic mass is 35.5. The third kappa shape index (κ3) is 3.34. The highest BCUT2D eigenvalue weighted by Crippen LogP contribution is 2.36. The normalized spacial score (nSPS) is 19.8. The van der Waals surface area contributed by atoms with Crippen LogP contribution in [0.5, 0.6) is 5.75 Å². The molecule has 1 atom stereocenters. The monoisotopic (exact) mass is 285 g/mol. The molecule has 1 aliphatic rings. The molecule has 1 fully saturated rings. The number of halogens is 1. The highest BCUT2D eigenvalue weighted by Gasteiger charge is 2.16. The molecule has 2 nitrogen and oxygen atoms in total. The van der Waals surface area contributed by atoms with Crippen molar-refractivity contribution in [1.82, 2.24) is 5.32 Å². The molecular formula is C14H20ClNOS. The van der Waals surface area contributed by atoms with Crippen molar-refractivity contribution in [2.75, 3.05) is 26.5 Å². The van der Waals surface area contributed by atoms with Crippen molar-refractivity contribution in [3.63, 3.8) is 0 Å². The van der Waals surface area contributed by atoms with Crippen LogP contribution in [0.25, 0.3) is 0 Å². The maximum atomic E-state index is 6.28. The summed E-state index contributed by atoms with van der Waals surface area (Å²) < 4.78 is 5.35. The predicted octanol–water partition coefficient (Wildman–Crippen LogP) is 3.61. The van der Waals surface area contributed by atoms with E-state index in [1.807, 2.05) is 0 Å². The van der Waals surface area contributed by atoms with Gasteiger partial charge in [0.15, 0.2) is 5.75 Å². The van der Waals surface area contributed by atoms with Gasteiger partial charge in [-0.1, -0.05) is 11.6 Å². The number of ether oxygens (including phenoxy) is 1. The molecule has 2 rings (SSSR count). The summed E-state index contributed by atoms with van der Waals surface area (Å²) in [4.78, 5) is 1.13. The van der Waals surface area contributed by atoms with Crippen molar-refractivity contribution >= 4 is 23.4 Å². The zero-order chi connectivity index (χ0) is 13.0. The van der Waals surface area contributed by atoms with Gasteiger partial charge in [0, 0.05) is 0 Å². The molecule has 0 bridgehead atoms. The Bertz CT molecular complexity index is 405. The summed E-state index contributed by atoms with van der Waals surface area (Å²) in [5.41, 5.74) is 1.32. The maximum absolute atomic E-state index is 6.28. The molecule has 100 valence electrons. The molecule has 1 heterocycles. The summed E-state index contributed by atoms with van der Waals surface area (Å²) in [6, 6.07) is 4.26. The molecule has 0 amide bonds. The lowest BCUT2D eigenvalue weighted by Gasteiger charge is -2.23. The second kappa shape index (κ2) is 6.69. The van der Waals surface area contributed by atoms with E-state index in [1.54, 1.807) is 18.9 Å². The first kappa shape index (κ1) is 14.0. The number of hydrogen-bond donors (Lipinski definition) is 1. The Kier molecular flexibility index (Phi) is 5.22. The number of rotatable bonds is 4. The Morgan fingerprint density at radius 2 is 2.33 bits per heavy atom. The minimum Gasteiger partial charge on any atom is -0.494 e. The van der Waals surface area contributed by atoms with Crippen LogP contribution >= 0.6 is 23.4 Å². The van der Waals surface area contributed by atoms with Gasteiger partial charge in [-0.25, -0.2) is 0 Å². The third-order valence-corrected chi connectivity index (χ3v) is 4.44. The lowest BCUT2D eigenvalue weighted by Crippen LogP contribution is -2.30. The molecule has 0 saturated carbocycles. The molecule has 0 aliphatic carbocycles. The summed E-state index contributed by atoms with van der Waals surface area (Å²) in [5, 5.41) is 4.18. The van der Waals surface area contributed by atoms with Crippen LogP contribution < -0.4 is 10.1 Å². The highest BCUT2D eigenvalue weighted by molar-refractivity contribution is 7.98. The molecular weight excluding hydrogens is 266 g/mol. The van der Waals surface area contributed by atoms with E-state index in [4.69, 9.17) is 16.3 Å². The zero-order valence-corrected chi connectivity index (χ0v) is 12.5. The molecule has 1 unspecified atom stereocenters. The number of hydrogen-bond acceptors (Lipinski definition) is 3. The summed E-state index contributed by atoms with van der Waals surface area (Å²) in [5.74, 6) is 1.53. The number of methoxy groups -OCH3 is 1. The van der Waals surface area contributed by atoms with E-state index in [0.29, 0.717) is 0 Å². The van der Waals surface area contributed by atoms with Crippen LogP contribution in [-0.4, -0.2) is 26.5 Å². The topological polar surface area (TPSA) is 21.3 Å². The van der Waals surface area contributed by atoms with E-state index >= 15 is 0 Å². The zero-order valence-electron chi connectivity index (χ0n) is 11.0. The maximum Gasteiger partial charge on any atom is 0.150 e. The van der Waals surface area contributed by atoms with Gasteiger partial charge in [-0.3, -0.25) is 0 Å². The van der Waals surface area contributed by atoms with Gasteiger partial charge in [0.1, 0.15) is 0 Å². The number of nitrogens with one attached hydrogen (secondary N) is 1. The molecule has 1 saturated heterocycles. The first-order chi connectivity index (χ1) is 8.74. The molecule has 1 aliphatic heterocycles. The van der Waals surface area contributed by atoms with Gasteiger partial charge in [0.05, 0.1) is 17.0 Å². The Hall–Kier alpha value is -0.380. The van der Waals surface area contributed by atoms with Gasteiger partial charge in [0.25, 0.3) is 0 Å². The molecule has 1 N–H and O–H groups in total. The molecule has 1 aromatic carbocycles. The van der Waals surface area contributed by atoms with Gasteiger partial charge >= 0.3 is 0 Å². The van der Waals surface area contributed by atoms with Crippen molar-refractivity contribution in [1.29, 1.82) is 0 Å². The fourth-order valence-electron chi connectivity index (χ4n) is 2.52. The van der Waals surface area contributed by atoms with Crippen LogP contribution in [-0.2, 0) is 6.42 Å². The van der Waals surface area contributed by atoms with Gasteiger partial charge in [-0.2, -0.15) is 0 Å². The molecule has 0 spiro atoms. The minimum atomic E-state index is 0.725. The second-order valence-electron chi connectivity index (χ2n) is 4.73. The molecule has 0 radical (unpaired) electrons. The van der Waals surface area contributed by atoms with Crippen molar-refractivity contribution in [3.8, 4) is 5.75 Å². The lowest BCUT2D eigenvalue weighted by atomic mass is 9.92. The van der Waals surface area contributed by atoms with Gasteiger partial charge in [0.2, 0.25) is 0 Å². The second-order valence-corrected chi connectivity index (χ2v) is 5.98. The van der Waals surface area contributed by atoms with Crippen LogP contribution in [0, 0.1) is 5.92 Å². The van der Waals surface area contributed by atoms with Gasteiger partial charge in [-0.15, -0.1) is 11.8 Å². The summed E-state index contributed by atoms with van der Waals surface area (Å²) in [7, 11) is 1.67. The van der Waals surface area contributed by atoms with Crippen LogP contribution in [0.1, 0.15) is 18.4 Å². The predicted molar refractivity (Wildman–Crippen MR) is 79.1 cm³/mol. The van der Waals surface area contributed by atoms with Crippen molar-refractivity contribution in [2.24, 2.45) is 5.92 Å². The Morgan fingerprint density at radius 1 is 1.50 bits per heavy atom. The average molecular weight is 286 g/mol. The van der Waals surface area contributed by atoms with Crippen molar-refractivity contribution < 1.29 is 4.74 Å². The van der Waals surface area contributed by atoms with E-state index in [1.165, 1.54) is 18.4 Å². The fraction of sp³-hybridized carbons (Fsp3) is 0.571. The van der Waals surface area contributed by atoms with Crippen molar-refractivity contribution in [2.45, 2.75) is 24.2 Å². The minimum absolute atomic E-state index is 0.725. The number of piperidine rings is 1. The van der Waals surface area contributed by atoms with Gasteiger partial charge < -0.3 is 10.1 Å². The van der Waals surface area contributed by atoms with Crippen LogP contribution in [0.3, 0.4) is 0 Å². The fourth-order valence-corrected chi connectivity index (χ4v) is 3.54. The first-order valence-corrected chi connectivity index (χ1v) is 7.96. The summed E-state index contributed by atoms with van der Waals surface area (Å²) >= 11 is 7.96. The van der Waals surface area contributed by atoms with Crippen LogP contribution in [0.4, 0.5) is 0 Å². The number of benzene rings is 1. The molecule has 0 aromatic heterocycles. The van der Waals surface area contributed by atoms with Crippen LogP contribution in [0.15, 0.2) is 17.0 Å². The number of thioether (sulfide) groups is 1. The SMILES string of the molecule is COc1c(Cl)cc(CC2CCCNC2)cc1SC. The third-order valence-electron chi connectivity index (χ3n) is 3.42. The van der Waals surface area contributed by atoms with Crippen LogP contribution in [0.2, 0.25) is 5.02 Å². The lowest BCUT2D eigenvalue weighted by molar-refractivity contribution is 0.375. The standard InChI is InChI=1S/C14H20ClNOS/c1-17-14-12(15)7-11(8-13(14)18-2)6-10-4-3-5-16-9-10/h7-8,10,16H,3-6,9H2,1-2H3. The summed E-state index contributed by atoms with van der Waals surface area (Å²) in [6.45, 7) is 2.29. The smallest absolute Gasteiger partial charge is 0.150 e. The Morgan fingerprint density at radius 3 is 2.94 bits per heavy atom. The Balaban J connectivity index is 2.15. The van der Waals surface area contributed by atoms with E-state index in [2.05, 4.69) is 23.7 Å². The first-order valence-electron chi connectivity index (χ1n) is 6.35. The van der Waals surface area contributed by atoms with E-state index in [9.17, 15) is 0 Å². The molecule has 1 aromatic rings. The van der Waals surface area contributed by atoms with Gasteiger partial charge in [-0.05, 0) is 62.2 Å². The average Bonchev–Trinajstić information content (AvgIpc) is 2.39. The quantitative estimate of drug-likeness (QED) is 0.854. The Labute approximate surface area is 118 Å². The largest absolute Gasteiger partial charge is 0.494 e. The summed E-state index contributed by atoms with van der Waals surface area (Å²) in [6.07, 6.45) is 5.75. The van der Waals surface area contributed by atoms with E-state index in [-0.39, 0.29) is 0 Å². The van der Waals surface area contributed by atoms with E-state index < -0.39 is 0 Å². The van der Waals surface area contributed by atoms with E-state index in [0.717, 1.165) is 41.1 Å².